The number of halogens is 2. The number of hydrogen-bond acceptors (Lipinski definition) is 0. The van der Waals surface area contributed by atoms with Crippen LogP contribution in [0.4, 0.5) is 0 Å². The smallest absolute Gasteiger partial charge is 0.147 e. The van der Waals surface area contributed by atoms with Crippen LogP contribution in [0.25, 0.3) is 45.5 Å². The van der Waals surface area contributed by atoms with E-state index in [4.69, 9.17) is 0 Å². The minimum atomic E-state index is -3.80. The summed E-state index contributed by atoms with van der Waals surface area (Å²) in [4.78, 5) is 0. The molecule has 0 nitrogen and oxygen atoms in total. The van der Waals surface area contributed by atoms with Crippen molar-refractivity contribution in [2.24, 2.45) is 5.92 Å². The average molecular weight is 795 g/mol. The van der Waals surface area contributed by atoms with Gasteiger partial charge in [0, 0.05) is 0 Å². The van der Waals surface area contributed by atoms with Crippen molar-refractivity contribution < 1.29 is 17.4 Å². The summed E-state index contributed by atoms with van der Waals surface area (Å²) in [7, 11) is 0. The molecule has 50 heavy (non-hydrogen) atoms. The van der Waals surface area contributed by atoms with E-state index in [9.17, 15) is 0 Å². The van der Waals surface area contributed by atoms with Gasteiger partial charge in [-0.15, -0.1) is 24.8 Å². The second kappa shape index (κ2) is 14.0. The quantitative estimate of drug-likeness (QED) is 0.150. The fraction of sp³-hybridized carbons (Fsp3) is 0.261. The molecule has 5 aromatic carbocycles. The first kappa shape index (κ1) is 38.5. The molecule has 0 saturated carbocycles. The van der Waals surface area contributed by atoms with E-state index >= 15 is 0 Å². The molecule has 2 aliphatic carbocycles. The van der Waals surface area contributed by atoms with E-state index in [2.05, 4.69) is 174 Å². The normalized spacial score (nSPS) is 16.6. The van der Waals surface area contributed by atoms with E-state index in [1.165, 1.54) is 66.8 Å². The predicted molar refractivity (Wildman–Crippen MR) is 225 cm³/mol. The molecule has 5 aromatic rings. The molecular weight excluding hydrogens is 743 g/mol. The van der Waals surface area contributed by atoms with E-state index in [1.807, 2.05) is 0 Å². The Balaban J connectivity index is 0.00000243. The van der Waals surface area contributed by atoms with Gasteiger partial charge in [0.1, 0.15) is 0 Å². The zero-order valence-electron chi connectivity index (χ0n) is 31.1. The minimum Gasteiger partial charge on any atom is -0.147 e. The molecule has 0 saturated heterocycles. The van der Waals surface area contributed by atoms with Crippen LogP contribution in [-0.2, 0) is 17.4 Å². The van der Waals surface area contributed by atoms with Crippen LogP contribution in [0, 0.1) is 33.6 Å². The van der Waals surface area contributed by atoms with Crippen molar-refractivity contribution in [2.45, 2.75) is 65.0 Å². The zero-order valence-corrected chi connectivity index (χ0v) is 36.7. The van der Waals surface area contributed by atoms with Gasteiger partial charge in [-0.2, -0.15) is 0 Å². The topological polar surface area (TPSA) is 0 Å². The van der Waals surface area contributed by atoms with E-state index < -0.39 is 17.4 Å². The Labute approximate surface area is 315 Å². The molecule has 0 aliphatic heterocycles. The summed E-state index contributed by atoms with van der Waals surface area (Å²) in [6.45, 7) is 18.7. The maximum Gasteiger partial charge on any atom is -0.147 e. The monoisotopic (exact) mass is 792 g/mol. The van der Waals surface area contributed by atoms with Crippen molar-refractivity contribution in [1.82, 2.24) is 0 Å². The number of benzene rings is 5. The summed E-state index contributed by atoms with van der Waals surface area (Å²) < 4.78 is 6.50. The third kappa shape index (κ3) is 6.67. The maximum atomic E-state index is 2.78. The summed E-state index contributed by atoms with van der Waals surface area (Å²) in [6, 6.07) is 37.3. The van der Waals surface area contributed by atoms with Crippen LogP contribution in [0.2, 0.25) is 9.26 Å². The van der Waals surface area contributed by atoms with Crippen LogP contribution in [0.1, 0.15) is 72.5 Å². The van der Waals surface area contributed by atoms with Crippen molar-refractivity contribution in [2.75, 3.05) is 0 Å². The molecule has 2 aliphatic rings. The Kier molecular flexibility index (Phi) is 10.8. The Morgan fingerprint density at radius 1 is 0.520 bits per heavy atom. The van der Waals surface area contributed by atoms with Crippen LogP contribution < -0.4 is 0 Å². The summed E-state index contributed by atoms with van der Waals surface area (Å²) in [5.41, 5.74) is 22.5. The van der Waals surface area contributed by atoms with Crippen molar-refractivity contribution in [1.29, 1.82) is 0 Å². The molecule has 0 aromatic heterocycles. The summed E-state index contributed by atoms with van der Waals surface area (Å²) in [5.74, 6) is 0.487. The van der Waals surface area contributed by atoms with Gasteiger partial charge in [-0.1, -0.05) is 0 Å². The second-order valence-corrected chi connectivity index (χ2v) is 46.9. The number of allylic oxidation sites excluding steroid dienone is 2. The fourth-order valence-electron chi connectivity index (χ4n) is 9.59. The van der Waals surface area contributed by atoms with Gasteiger partial charge >= 0.3 is 293 Å². The first-order valence-electron chi connectivity index (χ1n) is 17.7. The van der Waals surface area contributed by atoms with Crippen molar-refractivity contribution >= 4 is 43.8 Å². The molecule has 0 radical (unpaired) electrons. The Bertz CT molecular complexity index is 2210. The molecule has 4 heteroatoms. The van der Waals surface area contributed by atoms with Gasteiger partial charge in [-0.25, -0.2) is 0 Å². The third-order valence-electron chi connectivity index (χ3n) is 11.2. The van der Waals surface area contributed by atoms with Crippen LogP contribution in [0.3, 0.4) is 0 Å². The van der Waals surface area contributed by atoms with Crippen LogP contribution in [-0.4, -0.2) is 6.88 Å². The van der Waals surface area contributed by atoms with Gasteiger partial charge in [0.15, 0.2) is 0 Å². The predicted octanol–water partition coefficient (Wildman–Crippen LogP) is 13.4. The number of fused-ring (bicyclic) bond motifs is 2. The first-order chi connectivity index (χ1) is 22.7. The summed E-state index contributed by atoms with van der Waals surface area (Å²) in [5, 5.41) is 0. The average Bonchev–Trinajstić information content (AvgIpc) is 3.59. The van der Waals surface area contributed by atoms with Gasteiger partial charge in [0.05, 0.1) is 0 Å². The van der Waals surface area contributed by atoms with Crippen molar-refractivity contribution in [3.8, 4) is 33.4 Å². The Morgan fingerprint density at radius 3 is 1.64 bits per heavy atom. The molecule has 0 amide bonds. The molecule has 0 spiro atoms. The Hall–Kier alpha value is -2.74. The zero-order chi connectivity index (χ0) is 34.1. The summed E-state index contributed by atoms with van der Waals surface area (Å²) >= 11 is -3.80. The van der Waals surface area contributed by atoms with Gasteiger partial charge in [0.25, 0.3) is 0 Å². The van der Waals surface area contributed by atoms with Gasteiger partial charge in [0.2, 0.25) is 0 Å². The van der Waals surface area contributed by atoms with Crippen molar-refractivity contribution in [3.63, 3.8) is 0 Å². The summed E-state index contributed by atoms with van der Waals surface area (Å²) in [6.07, 6.45) is 5.17. The van der Waals surface area contributed by atoms with E-state index in [0.717, 1.165) is 0 Å². The molecule has 7 rings (SSSR count). The number of rotatable bonds is 6. The molecule has 0 N–H and O–H groups in total. The molecule has 2 unspecified atom stereocenters. The molecule has 0 fully saturated rings. The number of hydrogen-bond donors (Lipinski definition) is 0. The van der Waals surface area contributed by atoms with Crippen LogP contribution in [0.5, 0.6) is 0 Å². The maximum absolute atomic E-state index is 3.80. The number of aryl methyl sites for hydroxylation is 4. The van der Waals surface area contributed by atoms with Gasteiger partial charge in [-0.05, 0) is 0 Å². The van der Waals surface area contributed by atoms with E-state index in [1.54, 1.807) is 22.3 Å². The standard InChI is InChI=1S/C26H25.C18H17.2CH3.2ClH.H2Si.Zr/c1-16-6-17(2)9-21(8-16)22-14-24-12-20(5)13-25(24)26(15-22)23-10-18(3)7-19(4)11-23;1-13(2)16-11-15-9-6-10-17(18(15)12-16)14-7-4-3-5-8-14;;;;;;/h6-15H,1-5H3;3-13H,1-2H3;2*1H3;2*1H;1H2;. The largest absolute Gasteiger partial charge is 0.147 e. The third-order valence-corrected chi connectivity index (χ3v) is 28.8. The van der Waals surface area contributed by atoms with Crippen LogP contribution in [0.15, 0.2) is 108 Å². The second-order valence-electron chi connectivity index (χ2n) is 16.4. The van der Waals surface area contributed by atoms with Gasteiger partial charge < -0.3 is 0 Å². The van der Waals surface area contributed by atoms with E-state index in [-0.39, 0.29) is 24.8 Å². The first-order valence-corrected chi connectivity index (χ1v) is 31.4. The fourth-order valence-corrected chi connectivity index (χ4v) is 30.1. The molecule has 258 valence electrons. The van der Waals surface area contributed by atoms with Crippen LogP contribution >= 0.6 is 24.8 Å². The minimum absolute atomic E-state index is 0. The molecule has 2 atom stereocenters. The molecular formula is C46H52Cl2SiZr. The van der Waals surface area contributed by atoms with E-state index in [0.29, 0.717) is 13.2 Å². The van der Waals surface area contributed by atoms with Gasteiger partial charge in [-0.3, -0.25) is 0 Å². The molecule has 0 bridgehead atoms. The van der Waals surface area contributed by atoms with Crippen molar-refractivity contribution in [3.05, 3.63) is 153 Å². The molecule has 0 heterocycles. The Morgan fingerprint density at radius 2 is 1.06 bits per heavy atom. The SMILES string of the molecule is CC1=Cc2c(-c3cc(C)cc(C)c3)cc(-c3cc(C)cc(C)c3)cc2[CH]1[Zr]([CH3])([CH3])(=[SiH2])[CH]1C(C(C)C)=Cc2c(-c3ccccc3)cccc21.Cl.Cl.